The van der Waals surface area contributed by atoms with E-state index in [1.807, 2.05) is 0 Å². The lowest BCUT2D eigenvalue weighted by molar-refractivity contribution is -0.182. The first-order valence-corrected chi connectivity index (χ1v) is 5.97. The minimum absolute atomic E-state index is 0.0000496. The van der Waals surface area contributed by atoms with Crippen LogP contribution in [0.1, 0.15) is 18.5 Å². The molecule has 1 aliphatic carbocycles. The summed E-state index contributed by atoms with van der Waals surface area (Å²) in [6, 6.07) is 2.57. The van der Waals surface area contributed by atoms with Gasteiger partial charge in [0.25, 0.3) is 0 Å². The van der Waals surface area contributed by atoms with Gasteiger partial charge in [-0.2, -0.15) is 17.6 Å². The van der Waals surface area contributed by atoms with Gasteiger partial charge in [-0.15, -0.1) is 5.10 Å². The van der Waals surface area contributed by atoms with Crippen LogP contribution in [0.2, 0.25) is 0 Å². The van der Waals surface area contributed by atoms with Gasteiger partial charge in [0.05, 0.1) is 11.9 Å². The highest BCUT2D eigenvalue weighted by molar-refractivity contribution is 5.60. The molecule has 2 heterocycles. The monoisotopic (exact) mass is 286 g/mol. The van der Waals surface area contributed by atoms with Crippen LogP contribution in [0.5, 0.6) is 0 Å². The molecule has 106 valence electrons. The molecule has 0 aromatic carbocycles. The van der Waals surface area contributed by atoms with Gasteiger partial charge in [-0.05, 0) is 31.9 Å². The Morgan fingerprint density at radius 3 is 2.50 bits per heavy atom. The van der Waals surface area contributed by atoms with Crippen molar-refractivity contribution in [3.05, 3.63) is 30.0 Å². The van der Waals surface area contributed by atoms with Gasteiger partial charge in [-0.3, -0.25) is 0 Å². The highest BCUT2D eigenvalue weighted by Gasteiger charge is 2.66. The van der Waals surface area contributed by atoms with Crippen LogP contribution in [0.3, 0.4) is 0 Å². The molecule has 0 N–H and O–H groups in total. The number of rotatable bonds is 2. The molecule has 0 atom stereocenters. The van der Waals surface area contributed by atoms with Crippen LogP contribution < -0.4 is 0 Å². The molecule has 1 aliphatic rings. The van der Waals surface area contributed by atoms with Crippen LogP contribution in [0.25, 0.3) is 11.3 Å². The summed E-state index contributed by atoms with van der Waals surface area (Å²) >= 11 is 0. The van der Waals surface area contributed by atoms with E-state index in [0.717, 1.165) is 10.7 Å². The number of hydrogen-bond acceptors (Lipinski definition) is 3. The standard InChI is InChI=1S/C12H10F4N4/c1-7-8(2-3-10(13)17-7)9-6-20(19-18-9)11(4-5-11)12(14,15)16/h2-3,6H,4-5H2,1H3. The number of halogens is 4. The summed E-state index contributed by atoms with van der Waals surface area (Å²) < 4.78 is 52.7. The molecule has 0 bridgehead atoms. The summed E-state index contributed by atoms with van der Waals surface area (Å²) in [7, 11) is 0. The van der Waals surface area contributed by atoms with E-state index in [9.17, 15) is 17.6 Å². The average Bonchev–Trinajstić information content (AvgIpc) is 3.03. The summed E-state index contributed by atoms with van der Waals surface area (Å²) in [5, 5.41) is 7.33. The van der Waals surface area contributed by atoms with Crippen LogP contribution in [0.15, 0.2) is 18.3 Å². The Balaban J connectivity index is 1.99. The van der Waals surface area contributed by atoms with Crippen molar-refractivity contribution in [1.29, 1.82) is 0 Å². The van der Waals surface area contributed by atoms with Gasteiger partial charge in [-0.1, -0.05) is 5.21 Å². The zero-order chi connectivity index (χ0) is 14.5. The zero-order valence-electron chi connectivity index (χ0n) is 10.4. The summed E-state index contributed by atoms with van der Waals surface area (Å²) in [6.45, 7) is 1.56. The maximum absolute atomic E-state index is 13.0. The van der Waals surface area contributed by atoms with Crippen LogP contribution in [0, 0.1) is 12.9 Å². The molecule has 0 amide bonds. The van der Waals surface area contributed by atoms with Gasteiger partial charge in [0.15, 0.2) is 5.54 Å². The lowest BCUT2D eigenvalue weighted by Gasteiger charge is -2.18. The van der Waals surface area contributed by atoms with Gasteiger partial charge in [0, 0.05) is 5.56 Å². The third-order valence-electron chi connectivity index (χ3n) is 3.51. The average molecular weight is 286 g/mol. The lowest BCUT2D eigenvalue weighted by atomic mass is 10.1. The Kier molecular flexibility index (Phi) is 2.60. The van der Waals surface area contributed by atoms with Gasteiger partial charge in [0.1, 0.15) is 5.69 Å². The molecule has 3 rings (SSSR count). The zero-order valence-corrected chi connectivity index (χ0v) is 10.4. The Morgan fingerprint density at radius 1 is 1.25 bits per heavy atom. The topological polar surface area (TPSA) is 43.6 Å². The third-order valence-corrected chi connectivity index (χ3v) is 3.51. The second-order valence-corrected chi connectivity index (χ2v) is 4.84. The summed E-state index contributed by atoms with van der Waals surface area (Å²) in [6.07, 6.45) is -3.11. The fourth-order valence-electron chi connectivity index (χ4n) is 2.16. The van der Waals surface area contributed by atoms with Crippen molar-refractivity contribution in [2.75, 3.05) is 0 Å². The van der Waals surface area contributed by atoms with Crippen molar-refractivity contribution >= 4 is 0 Å². The van der Waals surface area contributed by atoms with Crippen molar-refractivity contribution in [3.63, 3.8) is 0 Å². The largest absolute Gasteiger partial charge is 0.413 e. The molecule has 20 heavy (non-hydrogen) atoms. The molecular formula is C12H10F4N4. The molecule has 2 aromatic heterocycles. The molecule has 0 aliphatic heterocycles. The van der Waals surface area contributed by atoms with Gasteiger partial charge in [0.2, 0.25) is 5.95 Å². The normalized spacial score (nSPS) is 17.2. The minimum atomic E-state index is -4.35. The first kappa shape index (κ1) is 13.0. The smallest absolute Gasteiger partial charge is 0.237 e. The van der Waals surface area contributed by atoms with Gasteiger partial charge < -0.3 is 0 Å². The van der Waals surface area contributed by atoms with E-state index in [0.29, 0.717) is 11.3 Å². The first-order chi connectivity index (χ1) is 9.33. The Bertz CT molecular complexity index is 658. The number of aryl methyl sites for hydroxylation is 1. The maximum atomic E-state index is 13.0. The number of nitrogens with zero attached hydrogens (tertiary/aromatic N) is 4. The number of pyridine rings is 1. The quantitative estimate of drug-likeness (QED) is 0.630. The van der Waals surface area contributed by atoms with E-state index in [-0.39, 0.29) is 18.5 Å². The number of hydrogen-bond donors (Lipinski definition) is 0. The number of aromatic nitrogens is 4. The molecule has 0 saturated heterocycles. The molecule has 4 nitrogen and oxygen atoms in total. The minimum Gasteiger partial charge on any atom is -0.237 e. The first-order valence-electron chi connectivity index (χ1n) is 5.97. The molecule has 1 fully saturated rings. The predicted molar refractivity (Wildman–Crippen MR) is 61.2 cm³/mol. The van der Waals surface area contributed by atoms with Crippen LogP contribution in [-0.4, -0.2) is 26.2 Å². The molecular weight excluding hydrogens is 276 g/mol. The van der Waals surface area contributed by atoms with E-state index in [4.69, 9.17) is 0 Å². The molecule has 2 aromatic rings. The maximum Gasteiger partial charge on any atom is 0.413 e. The van der Waals surface area contributed by atoms with Crippen molar-refractivity contribution < 1.29 is 17.6 Å². The third kappa shape index (κ3) is 1.86. The highest BCUT2D eigenvalue weighted by Crippen LogP contribution is 2.55. The Morgan fingerprint density at radius 2 is 1.95 bits per heavy atom. The van der Waals surface area contributed by atoms with Crippen LogP contribution >= 0.6 is 0 Å². The molecule has 0 spiro atoms. The van der Waals surface area contributed by atoms with E-state index in [1.54, 1.807) is 6.92 Å². The molecule has 8 heteroatoms. The van der Waals surface area contributed by atoms with Gasteiger partial charge in [-0.25, -0.2) is 9.67 Å². The van der Waals surface area contributed by atoms with Crippen LogP contribution in [-0.2, 0) is 5.54 Å². The fraction of sp³-hybridized carbons (Fsp3) is 0.417. The van der Waals surface area contributed by atoms with Crippen LogP contribution in [0.4, 0.5) is 17.6 Å². The highest BCUT2D eigenvalue weighted by atomic mass is 19.4. The van der Waals surface area contributed by atoms with Crippen molar-refractivity contribution in [3.8, 4) is 11.3 Å². The Labute approximate surface area is 111 Å². The Hall–Kier alpha value is -1.99. The van der Waals surface area contributed by atoms with Crippen molar-refractivity contribution in [2.45, 2.75) is 31.5 Å². The van der Waals surface area contributed by atoms with Crippen molar-refractivity contribution in [1.82, 2.24) is 20.0 Å². The number of alkyl halides is 3. The fourth-order valence-corrected chi connectivity index (χ4v) is 2.16. The summed E-state index contributed by atoms with van der Waals surface area (Å²) in [5.41, 5.74) is -0.852. The SMILES string of the molecule is Cc1nc(F)ccc1-c1cn(C2(C(F)(F)F)CC2)nn1. The van der Waals surface area contributed by atoms with E-state index < -0.39 is 17.7 Å². The predicted octanol–water partition coefficient (Wildman–Crippen LogP) is 2.84. The molecule has 0 unspecified atom stereocenters. The van der Waals surface area contributed by atoms with E-state index in [1.165, 1.54) is 12.3 Å². The van der Waals surface area contributed by atoms with E-state index in [2.05, 4.69) is 15.3 Å². The second-order valence-electron chi connectivity index (χ2n) is 4.84. The summed E-state index contributed by atoms with van der Waals surface area (Å²) in [5.74, 6) is -0.646. The van der Waals surface area contributed by atoms with E-state index >= 15 is 0 Å². The lowest BCUT2D eigenvalue weighted by Crippen LogP contribution is -2.35. The molecule has 1 saturated carbocycles. The van der Waals surface area contributed by atoms with Gasteiger partial charge >= 0.3 is 6.18 Å². The molecule has 0 radical (unpaired) electrons. The van der Waals surface area contributed by atoms with Crippen molar-refractivity contribution in [2.24, 2.45) is 0 Å². The summed E-state index contributed by atoms with van der Waals surface area (Å²) in [4.78, 5) is 3.62. The second kappa shape index (κ2) is 4.00.